The molecule has 1 aliphatic carbocycles. The van der Waals surface area contributed by atoms with Crippen LogP contribution in [0.3, 0.4) is 0 Å². The zero-order valence-electron chi connectivity index (χ0n) is 12.6. The lowest BCUT2D eigenvalue weighted by atomic mass is 9.73. The Morgan fingerprint density at radius 3 is 2.75 bits per heavy atom. The lowest BCUT2D eigenvalue weighted by molar-refractivity contribution is 0.150. The fraction of sp³-hybridized carbons (Fsp3) is 0.667. The van der Waals surface area contributed by atoms with Crippen molar-refractivity contribution in [2.24, 2.45) is 17.3 Å². The molecule has 2 unspecified atom stereocenters. The minimum Gasteiger partial charge on any atom is -0.330 e. The van der Waals surface area contributed by atoms with Gasteiger partial charge in [0.2, 0.25) is 0 Å². The summed E-state index contributed by atoms with van der Waals surface area (Å²) in [5.41, 5.74) is 2.08. The van der Waals surface area contributed by atoms with E-state index >= 15 is 0 Å². The summed E-state index contributed by atoms with van der Waals surface area (Å²) in [7, 11) is 0. The Morgan fingerprint density at radius 1 is 1.35 bits per heavy atom. The molecule has 1 saturated carbocycles. The number of aromatic amines is 1. The monoisotopic (exact) mass is 290 g/mol. The van der Waals surface area contributed by atoms with Crippen LogP contribution in [0, 0.1) is 21.9 Å². The lowest BCUT2D eigenvalue weighted by Crippen LogP contribution is -2.30. The van der Waals surface area contributed by atoms with Gasteiger partial charge in [-0.25, -0.2) is 9.97 Å². The van der Waals surface area contributed by atoms with Crippen molar-refractivity contribution in [3.8, 4) is 0 Å². The summed E-state index contributed by atoms with van der Waals surface area (Å²) in [5, 5.41) is 0. The molecule has 2 aromatic rings. The third-order valence-electron chi connectivity index (χ3n) is 5.09. The van der Waals surface area contributed by atoms with E-state index in [1.165, 1.54) is 12.8 Å². The second kappa shape index (κ2) is 4.65. The lowest BCUT2D eigenvalue weighted by Gasteiger charge is -2.36. The summed E-state index contributed by atoms with van der Waals surface area (Å²) < 4.78 is 2.85. The average Bonchev–Trinajstić information content (AvgIpc) is 2.90. The largest absolute Gasteiger partial charge is 0.330 e. The van der Waals surface area contributed by atoms with E-state index in [-0.39, 0.29) is 5.41 Å². The number of H-pyrrole nitrogens is 1. The molecule has 1 aliphatic rings. The van der Waals surface area contributed by atoms with Crippen molar-refractivity contribution in [3.63, 3.8) is 0 Å². The SMILES string of the molecule is CC(C)C1CCC(n2cnc3c(=S)nc[nH]c32)C1(C)C. The molecule has 1 fully saturated rings. The molecule has 4 nitrogen and oxygen atoms in total. The number of rotatable bonds is 2. The van der Waals surface area contributed by atoms with Gasteiger partial charge in [-0.1, -0.05) is 39.9 Å². The highest BCUT2D eigenvalue weighted by atomic mass is 32.1. The Labute approximate surface area is 124 Å². The molecule has 108 valence electrons. The Kier molecular flexibility index (Phi) is 3.20. The predicted molar refractivity (Wildman–Crippen MR) is 83.1 cm³/mol. The molecule has 0 aliphatic heterocycles. The van der Waals surface area contributed by atoms with Crippen LogP contribution in [0.15, 0.2) is 12.7 Å². The summed E-state index contributed by atoms with van der Waals surface area (Å²) in [6.07, 6.45) is 6.07. The predicted octanol–water partition coefficient (Wildman–Crippen LogP) is 4.12. The van der Waals surface area contributed by atoms with Crippen molar-refractivity contribution in [1.29, 1.82) is 0 Å². The number of imidazole rings is 1. The molecule has 1 N–H and O–H groups in total. The molecule has 5 heteroatoms. The van der Waals surface area contributed by atoms with Gasteiger partial charge >= 0.3 is 0 Å². The van der Waals surface area contributed by atoms with Gasteiger partial charge in [0.1, 0.15) is 11.2 Å². The van der Waals surface area contributed by atoms with Gasteiger partial charge < -0.3 is 9.55 Å². The standard InChI is InChI=1S/C15H22N4S/c1-9(2)10-5-6-11(15(10,3)4)19-8-18-12-13(19)16-7-17-14(12)20/h7-11H,5-6H2,1-4H3,(H,16,17,20). The van der Waals surface area contributed by atoms with E-state index in [0.29, 0.717) is 16.6 Å². The maximum absolute atomic E-state index is 5.26. The molecular formula is C15H22N4S. The zero-order valence-corrected chi connectivity index (χ0v) is 13.4. The maximum atomic E-state index is 5.26. The second-order valence-electron chi connectivity index (χ2n) is 6.82. The first-order chi connectivity index (χ1) is 9.43. The molecule has 20 heavy (non-hydrogen) atoms. The van der Waals surface area contributed by atoms with E-state index in [2.05, 4.69) is 47.2 Å². The van der Waals surface area contributed by atoms with Crippen LogP contribution in [0.5, 0.6) is 0 Å². The van der Waals surface area contributed by atoms with Gasteiger partial charge in [0.25, 0.3) is 0 Å². The first-order valence-electron chi connectivity index (χ1n) is 7.33. The van der Waals surface area contributed by atoms with Gasteiger partial charge in [-0.2, -0.15) is 0 Å². The normalized spacial score (nSPS) is 25.6. The summed E-state index contributed by atoms with van der Waals surface area (Å²) in [4.78, 5) is 11.8. The molecule has 0 amide bonds. The Morgan fingerprint density at radius 2 is 2.10 bits per heavy atom. The maximum Gasteiger partial charge on any atom is 0.157 e. The molecule has 2 aromatic heterocycles. The summed E-state index contributed by atoms with van der Waals surface area (Å²) >= 11 is 5.26. The van der Waals surface area contributed by atoms with Crippen LogP contribution in [-0.4, -0.2) is 19.5 Å². The molecule has 0 aromatic carbocycles. The van der Waals surface area contributed by atoms with E-state index < -0.39 is 0 Å². The minimum atomic E-state index is 0.264. The number of fused-ring (bicyclic) bond motifs is 1. The number of nitrogens with zero attached hydrogens (tertiary/aromatic N) is 3. The van der Waals surface area contributed by atoms with Crippen LogP contribution >= 0.6 is 12.2 Å². The molecule has 2 heterocycles. The number of hydrogen-bond donors (Lipinski definition) is 1. The Bertz CT molecular complexity index is 682. The highest BCUT2D eigenvalue weighted by Crippen LogP contribution is 2.53. The van der Waals surface area contributed by atoms with Crippen molar-refractivity contribution in [1.82, 2.24) is 19.5 Å². The van der Waals surface area contributed by atoms with E-state index in [0.717, 1.165) is 17.1 Å². The van der Waals surface area contributed by atoms with E-state index in [4.69, 9.17) is 12.2 Å². The van der Waals surface area contributed by atoms with Crippen LogP contribution in [0.1, 0.15) is 46.6 Å². The Hall–Kier alpha value is -1.23. The highest BCUT2D eigenvalue weighted by Gasteiger charge is 2.45. The van der Waals surface area contributed by atoms with Gasteiger partial charge in [0.15, 0.2) is 4.64 Å². The van der Waals surface area contributed by atoms with Crippen LogP contribution in [0.2, 0.25) is 0 Å². The summed E-state index contributed by atoms with van der Waals surface area (Å²) in [6.45, 7) is 9.43. The average molecular weight is 290 g/mol. The highest BCUT2D eigenvalue weighted by molar-refractivity contribution is 7.71. The summed E-state index contributed by atoms with van der Waals surface area (Å²) in [6, 6.07) is 0.466. The van der Waals surface area contributed by atoms with Crippen LogP contribution in [-0.2, 0) is 0 Å². The molecular weight excluding hydrogens is 268 g/mol. The van der Waals surface area contributed by atoms with Crippen LogP contribution in [0.4, 0.5) is 0 Å². The summed E-state index contributed by atoms with van der Waals surface area (Å²) in [5.74, 6) is 1.46. The van der Waals surface area contributed by atoms with Gasteiger partial charge in [-0.15, -0.1) is 0 Å². The third-order valence-corrected chi connectivity index (χ3v) is 5.38. The van der Waals surface area contributed by atoms with Gasteiger partial charge in [0, 0.05) is 6.04 Å². The minimum absolute atomic E-state index is 0.264. The van der Waals surface area contributed by atoms with Crippen LogP contribution < -0.4 is 0 Å². The smallest absolute Gasteiger partial charge is 0.157 e. The van der Waals surface area contributed by atoms with Crippen molar-refractivity contribution in [2.45, 2.75) is 46.6 Å². The number of nitrogens with one attached hydrogen (secondary N) is 1. The second-order valence-corrected chi connectivity index (χ2v) is 7.21. The van der Waals surface area contributed by atoms with Gasteiger partial charge in [-0.3, -0.25) is 0 Å². The van der Waals surface area contributed by atoms with Gasteiger partial charge in [0.05, 0.1) is 12.7 Å². The third kappa shape index (κ3) is 1.91. The Balaban J connectivity index is 2.09. The van der Waals surface area contributed by atoms with Gasteiger partial charge in [-0.05, 0) is 30.1 Å². The fourth-order valence-corrected chi connectivity index (χ4v) is 4.33. The molecule has 0 bridgehead atoms. The fourth-order valence-electron chi connectivity index (χ4n) is 4.13. The van der Waals surface area contributed by atoms with E-state index in [9.17, 15) is 0 Å². The molecule has 0 spiro atoms. The zero-order chi connectivity index (χ0) is 14.5. The number of aromatic nitrogens is 4. The number of hydrogen-bond acceptors (Lipinski definition) is 3. The van der Waals surface area contributed by atoms with E-state index in [1.807, 2.05) is 6.33 Å². The van der Waals surface area contributed by atoms with Crippen molar-refractivity contribution in [2.75, 3.05) is 0 Å². The van der Waals surface area contributed by atoms with Crippen molar-refractivity contribution < 1.29 is 0 Å². The quantitative estimate of drug-likeness (QED) is 0.846. The van der Waals surface area contributed by atoms with Crippen LogP contribution in [0.25, 0.3) is 11.2 Å². The molecule has 2 atom stereocenters. The first-order valence-corrected chi connectivity index (χ1v) is 7.74. The molecule has 0 radical (unpaired) electrons. The molecule has 0 saturated heterocycles. The first kappa shape index (κ1) is 13.7. The van der Waals surface area contributed by atoms with E-state index in [1.54, 1.807) is 6.33 Å². The molecule has 3 rings (SSSR count). The topological polar surface area (TPSA) is 46.5 Å². The van der Waals surface area contributed by atoms with Crippen molar-refractivity contribution >= 4 is 23.4 Å². The van der Waals surface area contributed by atoms with Crippen molar-refractivity contribution in [3.05, 3.63) is 17.3 Å².